The van der Waals surface area contributed by atoms with Crippen molar-refractivity contribution < 1.29 is 32.7 Å². The minimum Gasteiger partial charge on any atom is -0.478 e. The zero-order chi connectivity index (χ0) is 16.9. The Balaban J connectivity index is 2.62. The summed E-state index contributed by atoms with van der Waals surface area (Å²) in [7, 11) is 0. The van der Waals surface area contributed by atoms with Crippen molar-refractivity contribution in [3.05, 3.63) is 27.3 Å². The fourth-order valence-corrected chi connectivity index (χ4v) is 2.07. The molecule has 1 aromatic rings. The molecule has 0 saturated heterocycles. The van der Waals surface area contributed by atoms with Gasteiger partial charge in [0.1, 0.15) is 13.0 Å². The molecule has 0 heterocycles. The van der Waals surface area contributed by atoms with Crippen LogP contribution in [0.25, 0.3) is 0 Å². The number of carboxylic acid groups (broad SMARTS) is 1. The molecule has 0 bridgehead atoms. The van der Waals surface area contributed by atoms with Gasteiger partial charge in [0.15, 0.2) is 0 Å². The molecule has 0 saturated carbocycles. The van der Waals surface area contributed by atoms with Gasteiger partial charge in [-0.25, -0.2) is 4.79 Å². The molecule has 10 heteroatoms. The first-order valence-corrected chi connectivity index (χ1v) is 6.82. The van der Waals surface area contributed by atoms with Crippen molar-refractivity contribution in [2.24, 2.45) is 0 Å². The second kappa shape index (κ2) is 7.42. The van der Waals surface area contributed by atoms with Crippen LogP contribution in [0.15, 0.2) is 18.2 Å². The van der Waals surface area contributed by atoms with Crippen molar-refractivity contribution >= 4 is 46.1 Å². The summed E-state index contributed by atoms with van der Waals surface area (Å²) in [6.45, 7) is -1.52. The number of anilines is 1. The third-order valence-electron chi connectivity index (χ3n) is 2.24. The van der Waals surface area contributed by atoms with Crippen LogP contribution in [-0.2, 0) is 9.59 Å². The molecular weight excluding hydrogens is 420 g/mol. The molecule has 0 aliphatic carbocycles. The first-order valence-electron chi connectivity index (χ1n) is 5.74. The summed E-state index contributed by atoms with van der Waals surface area (Å²) >= 11 is 1.84. The molecule has 0 aromatic heterocycles. The van der Waals surface area contributed by atoms with E-state index in [0.717, 1.165) is 0 Å². The quantitative estimate of drug-likeness (QED) is 0.492. The maximum absolute atomic E-state index is 11.9. The minimum atomic E-state index is -4.56. The van der Waals surface area contributed by atoms with Gasteiger partial charge in [0.2, 0.25) is 11.8 Å². The second-order valence-electron chi connectivity index (χ2n) is 4.15. The number of benzene rings is 1. The molecule has 0 fully saturated rings. The fourth-order valence-electron chi connectivity index (χ4n) is 1.40. The van der Waals surface area contributed by atoms with Crippen LogP contribution in [0.1, 0.15) is 16.8 Å². The number of alkyl halides is 3. The summed E-state index contributed by atoms with van der Waals surface area (Å²) in [4.78, 5) is 33.6. The second-order valence-corrected chi connectivity index (χ2v) is 5.40. The van der Waals surface area contributed by atoms with Crippen LogP contribution in [0, 0.1) is 3.57 Å². The highest BCUT2D eigenvalue weighted by atomic mass is 127. The molecule has 3 N–H and O–H groups in total. The molecule has 120 valence electrons. The highest BCUT2D eigenvalue weighted by Crippen LogP contribution is 2.17. The lowest BCUT2D eigenvalue weighted by Gasteiger charge is -2.09. The van der Waals surface area contributed by atoms with Gasteiger partial charge >= 0.3 is 12.1 Å². The third kappa shape index (κ3) is 6.74. The maximum Gasteiger partial charge on any atom is 0.405 e. The van der Waals surface area contributed by atoms with Crippen molar-refractivity contribution in [3.8, 4) is 0 Å². The van der Waals surface area contributed by atoms with Gasteiger partial charge in [0.25, 0.3) is 0 Å². The zero-order valence-electron chi connectivity index (χ0n) is 10.8. The first kappa shape index (κ1) is 18.2. The van der Waals surface area contributed by atoms with E-state index in [-0.39, 0.29) is 11.3 Å². The Labute approximate surface area is 136 Å². The van der Waals surface area contributed by atoms with E-state index in [9.17, 15) is 27.6 Å². The summed E-state index contributed by atoms with van der Waals surface area (Å²) in [5.41, 5.74) is 0.0710. The van der Waals surface area contributed by atoms with Gasteiger partial charge in [-0.1, -0.05) is 0 Å². The van der Waals surface area contributed by atoms with E-state index in [0.29, 0.717) is 3.57 Å². The van der Waals surface area contributed by atoms with Gasteiger partial charge < -0.3 is 15.7 Å². The summed E-state index contributed by atoms with van der Waals surface area (Å²) in [5, 5.41) is 12.7. The van der Waals surface area contributed by atoms with Crippen LogP contribution in [0.4, 0.5) is 18.9 Å². The Bertz CT molecular complexity index is 605. The van der Waals surface area contributed by atoms with Crippen LogP contribution in [-0.4, -0.2) is 35.6 Å². The highest BCUT2D eigenvalue weighted by molar-refractivity contribution is 14.1. The predicted octanol–water partition coefficient (Wildman–Crippen LogP) is 2.00. The standard InChI is InChI=1S/C12H10F3IN2O4/c13-12(14,15)5-17-9(19)4-10(20)18-8-2-6(11(21)22)1-7(16)3-8/h1-3H,4-5H2,(H,17,19)(H,18,20)(H,21,22). The Kier molecular flexibility index (Phi) is 6.14. The third-order valence-corrected chi connectivity index (χ3v) is 2.86. The number of rotatable bonds is 5. The smallest absolute Gasteiger partial charge is 0.405 e. The van der Waals surface area contributed by atoms with Gasteiger partial charge in [-0.15, -0.1) is 0 Å². The molecule has 0 aliphatic rings. The molecule has 0 unspecified atom stereocenters. The number of amides is 2. The number of hydrogen-bond acceptors (Lipinski definition) is 3. The molecule has 0 radical (unpaired) electrons. The number of nitrogens with one attached hydrogen (secondary N) is 2. The Morgan fingerprint density at radius 2 is 1.77 bits per heavy atom. The predicted molar refractivity (Wildman–Crippen MR) is 78.4 cm³/mol. The van der Waals surface area contributed by atoms with Crippen molar-refractivity contribution in [3.63, 3.8) is 0 Å². The van der Waals surface area contributed by atoms with E-state index in [1.165, 1.54) is 18.2 Å². The normalized spacial score (nSPS) is 10.9. The Morgan fingerprint density at radius 3 is 2.32 bits per heavy atom. The molecule has 6 nitrogen and oxygen atoms in total. The molecule has 2 amide bonds. The van der Waals surface area contributed by atoms with E-state index >= 15 is 0 Å². The number of carboxylic acids is 1. The number of carbonyl (C=O) groups is 3. The number of carbonyl (C=O) groups excluding carboxylic acids is 2. The van der Waals surface area contributed by atoms with E-state index in [1.807, 2.05) is 22.6 Å². The summed E-state index contributed by atoms with van der Waals surface area (Å²) in [6, 6.07) is 4.00. The van der Waals surface area contributed by atoms with Crippen LogP contribution in [0.3, 0.4) is 0 Å². The van der Waals surface area contributed by atoms with Crippen molar-refractivity contribution in [2.45, 2.75) is 12.6 Å². The van der Waals surface area contributed by atoms with Gasteiger partial charge in [0, 0.05) is 9.26 Å². The molecule has 0 spiro atoms. The number of hydrogen-bond donors (Lipinski definition) is 3. The number of halogens is 4. The van der Waals surface area contributed by atoms with Gasteiger partial charge in [0.05, 0.1) is 5.56 Å². The van der Waals surface area contributed by atoms with E-state index in [1.54, 1.807) is 5.32 Å². The van der Waals surface area contributed by atoms with E-state index < -0.39 is 36.9 Å². The highest BCUT2D eigenvalue weighted by Gasteiger charge is 2.28. The largest absolute Gasteiger partial charge is 0.478 e. The lowest BCUT2D eigenvalue weighted by atomic mass is 10.2. The fraction of sp³-hybridized carbons (Fsp3) is 0.250. The zero-order valence-corrected chi connectivity index (χ0v) is 13.0. The summed E-state index contributed by atoms with van der Waals surface area (Å²) in [5.74, 6) is -3.13. The molecule has 22 heavy (non-hydrogen) atoms. The van der Waals surface area contributed by atoms with Crippen LogP contribution >= 0.6 is 22.6 Å². The molecule has 1 aromatic carbocycles. The van der Waals surface area contributed by atoms with Gasteiger partial charge in [-0.2, -0.15) is 13.2 Å². The van der Waals surface area contributed by atoms with Crippen molar-refractivity contribution in [1.29, 1.82) is 0 Å². The monoisotopic (exact) mass is 430 g/mol. The molecule has 0 atom stereocenters. The summed E-state index contributed by atoms with van der Waals surface area (Å²) < 4.78 is 36.2. The van der Waals surface area contributed by atoms with E-state index in [2.05, 4.69) is 5.32 Å². The number of aromatic carboxylic acids is 1. The lowest BCUT2D eigenvalue weighted by molar-refractivity contribution is -0.140. The molecule has 1 rings (SSSR count). The average Bonchev–Trinajstić information content (AvgIpc) is 2.34. The average molecular weight is 430 g/mol. The van der Waals surface area contributed by atoms with Gasteiger partial charge in [-0.05, 0) is 40.8 Å². The van der Waals surface area contributed by atoms with Crippen LogP contribution in [0.5, 0.6) is 0 Å². The molecular formula is C12H10F3IN2O4. The Hall–Kier alpha value is -1.85. The lowest BCUT2D eigenvalue weighted by Crippen LogP contribution is -2.35. The maximum atomic E-state index is 11.9. The SMILES string of the molecule is O=C(CC(=O)Nc1cc(I)cc(C(=O)O)c1)NCC(F)(F)F. The summed E-state index contributed by atoms with van der Waals surface area (Å²) in [6.07, 6.45) is -5.36. The first-order chi connectivity index (χ1) is 10.1. The van der Waals surface area contributed by atoms with Crippen molar-refractivity contribution in [1.82, 2.24) is 5.32 Å². The van der Waals surface area contributed by atoms with Gasteiger partial charge in [-0.3, -0.25) is 9.59 Å². The molecule has 0 aliphatic heterocycles. The van der Waals surface area contributed by atoms with Crippen molar-refractivity contribution in [2.75, 3.05) is 11.9 Å². The van der Waals surface area contributed by atoms with Crippen LogP contribution < -0.4 is 10.6 Å². The Morgan fingerprint density at radius 1 is 1.14 bits per heavy atom. The topological polar surface area (TPSA) is 95.5 Å². The minimum absolute atomic E-state index is 0.0660. The van der Waals surface area contributed by atoms with Crippen LogP contribution in [0.2, 0.25) is 0 Å². The van der Waals surface area contributed by atoms with E-state index in [4.69, 9.17) is 5.11 Å².